The maximum atomic E-state index is 13.1. The number of ether oxygens (including phenoxy) is 3. The summed E-state index contributed by atoms with van der Waals surface area (Å²) < 4.78 is 16.0. The highest BCUT2D eigenvalue weighted by atomic mass is 16.5. The van der Waals surface area contributed by atoms with Gasteiger partial charge >= 0.3 is 0 Å². The normalized spacial score (nSPS) is 10.4. The van der Waals surface area contributed by atoms with E-state index in [9.17, 15) is 4.79 Å². The van der Waals surface area contributed by atoms with Gasteiger partial charge in [0.05, 0.1) is 33.6 Å². The Morgan fingerprint density at radius 3 is 2.23 bits per heavy atom. The smallest absolute Gasteiger partial charge is 0.254 e. The van der Waals surface area contributed by atoms with Crippen molar-refractivity contribution in [3.63, 3.8) is 0 Å². The summed E-state index contributed by atoms with van der Waals surface area (Å²) >= 11 is 0. The van der Waals surface area contributed by atoms with E-state index in [1.54, 1.807) is 42.7 Å². The van der Waals surface area contributed by atoms with Crippen molar-refractivity contribution in [1.29, 1.82) is 0 Å². The molecule has 0 saturated heterocycles. The first-order chi connectivity index (χ1) is 14.5. The minimum absolute atomic E-state index is 0.203. The van der Waals surface area contributed by atoms with E-state index in [1.165, 1.54) is 21.3 Å². The Labute approximate surface area is 175 Å². The number of aryl methyl sites for hydroxylation is 1. The molecule has 8 heteroatoms. The molecular weight excluding hydrogens is 384 g/mol. The van der Waals surface area contributed by atoms with Crippen LogP contribution in [0, 0.1) is 6.92 Å². The first-order valence-corrected chi connectivity index (χ1v) is 9.26. The van der Waals surface area contributed by atoms with Crippen LogP contribution in [-0.4, -0.2) is 54.1 Å². The van der Waals surface area contributed by atoms with Crippen LogP contribution >= 0.6 is 0 Å². The molecule has 0 fully saturated rings. The highest BCUT2D eigenvalue weighted by molar-refractivity contribution is 5.95. The van der Waals surface area contributed by atoms with Crippen LogP contribution in [0.15, 0.2) is 42.9 Å². The van der Waals surface area contributed by atoms with Crippen molar-refractivity contribution in [2.75, 3.05) is 28.4 Å². The molecule has 156 valence electrons. The van der Waals surface area contributed by atoms with Crippen LogP contribution in [0.5, 0.6) is 17.2 Å². The Kier molecular flexibility index (Phi) is 6.46. The second-order valence-electron chi connectivity index (χ2n) is 6.59. The van der Waals surface area contributed by atoms with E-state index in [4.69, 9.17) is 14.2 Å². The number of rotatable bonds is 7. The molecule has 0 aliphatic rings. The number of pyridine rings is 1. The Hall–Kier alpha value is -3.68. The fraction of sp³-hybridized carbons (Fsp3) is 0.273. The molecule has 0 N–H and O–H groups in total. The number of carbonyl (C=O) groups excluding carboxylic acids is 1. The molecule has 0 unspecified atom stereocenters. The number of methoxy groups -OCH3 is 3. The second-order valence-corrected chi connectivity index (χ2v) is 6.59. The first-order valence-electron chi connectivity index (χ1n) is 9.26. The Balaban J connectivity index is 1.93. The van der Waals surface area contributed by atoms with E-state index in [2.05, 4.69) is 15.0 Å². The summed E-state index contributed by atoms with van der Waals surface area (Å²) in [6, 6.07) is 7.04. The quantitative estimate of drug-likeness (QED) is 0.593. The zero-order valence-electron chi connectivity index (χ0n) is 17.7. The molecule has 2 aromatic heterocycles. The lowest BCUT2D eigenvalue weighted by Crippen LogP contribution is -2.27. The Morgan fingerprint density at radius 1 is 1.03 bits per heavy atom. The fourth-order valence-corrected chi connectivity index (χ4v) is 3.13. The van der Waals surface area contributed by atoms with Gasteiger partial charge in [-0.15, -0.1) is 0 Å². The summed E-state index contributed by atoms with van der Waals surface area (Å²) in [5, 5.41) is 0. The summed E-state index contributed by atoms with van der Waals surface area (Å²) in [6.45, 7) is 2.12. The van der Waals surface area contributed by atoms with Crippen LogP contribution in [0.4, 0.5) is 0 Å². The average molecular weight is 408 g/mol. The predicted molar refractivity (Wildman–Crippen MR) is 112 cm³/mol. The number of hydrogen-bond donors (Lipinski definition) is 0. The minimum Gasteiger partial charge on any atom is -0.493 e. The molecule has 1 aromatic carbocycles. The summed E-state index contributed by atoms with van der Waals surface area (Å²) in [4.78, 5) is 27.7. The molecule has 0 aliphatic carbocycles. The molecular formula is C22H24N4O4. The first kappa shape index (κ1) is 21.0. The van der Waals surface area contributed by atoms with Gasteiger partial charge in [0, 0.05) is 36.8 Å². The largest absolute Gasteiger partial charge is 0.493 e. The number of amides is 1. The molecule has 2 heterocycles. The van der Waals surface area contributed by atoms with E-state index < -0.39 is 0 Å². The van der Waals surface area contributed by atoms with Crippen LogP contribution in [0.25, 0.3) is 11.1 Å². The number of benzene rings is 1. The SMILES string of the molecule is COc1cc(C(=O)N(C)Cc2nc(C)ncc2-c2ccncc2)cc(OC)c1OC. The van der Waals surface area contributed by atoms with Crippen LogP contribution < -0.4 is 14.2 Å². The van der Waals surface area contributed by atoms with Gasteiger partial charge in [-0.25, -0.2) is 9.97 Å². The highest BCUT2D eigenvalue weighted by Gasteiger charge is 2.21. The zero-order chi connectivity index (χ0) is 21.7. The van der Waals surface area contributed by atoms with Crippen LogP contribution in [0.3, 0.4) is 0 Å². The van der Waals surface area contributed by atoms with Gasteiger partial charge in [0.2, 0.25) is 5.75 Å². The molecule has 3 aromatic rings. The molecule has 1 amide bonds. The van der Waals surface area contributed by atoms with Crippen molar-refractivity contribution in [2.45, 2.75) is 13.5 Å². The van der Waals surface area contributed by atoms with Crippen molar-refractivity contribution < 1.29 is 19.0 Å². The summed E-state index contributed by atoms with van der Waals surface area (Å²) in [5.74, 6) is 1.71. The van der Waals surface area contributed by atoms with Crippen LogP contribution in [-0.2, 0) is 6.54 Å². The van der Waals surface area contributed by atoms with Crippen molar-refractivity contribution in [3.8, 4) is 28.4 Å². The van der Waals surface area contributed by atoms with E-state index in [0.29, 0.717) is 35.2 Å². The number of hydrogen-bond acceptors (Lipinski definition) is 7. The minimum atomic E-state index is -0.203. The molecule has 30 heavy (non-hydrogen) atoms. The maximum absolute atomic E-state index is 13.1. The van der Waals surface area contributed by atoms with Crippen molar-refractivity contribution in [3.05, 3.63) is 59.9 Å². The second kappa shape index (κ2) is 9.21. The number of aromatic nitrogens is 3. The van der Waals surface area contributed by atoms with E-state index in [-0.39, 0.29) is 5.91 Å². The predicted octanol–water partition coefficient (Wildman–Crippen LogP) is 3.15. The average Bonchev–Trinajstić information content (AvgIpc) is 2.78. The van der Waals surface area contributed by atoms with Gasteiger partial charge in [-0.3, -0.25) is 9.78 Å². The monoisotopic (exact) mass is 408 g/mol. The van der Waals surface area contributed by atoms with Crippen molar-refractivity contribution in [1.82, 2.24) is 19.9 Å². The zero-order valence-corrected chi connectivity index (χ0v) is 17.7. The van der Waals surface area contributed by atoms with Gasteiger partial charge in [0.15, 0.2) is 11.5 Å². The maximum Gasteiger partial charge on any atom is 0.254 e. The fourth-order valence-electron chi connectivity index (χ4n) is 3.13. The standard InChI is InChI=1S/C22H24N4O4/c1-14-24-12-17(15-6-8-23-9-7-15)18(25-14)13-26(2)22(27)16-10-19(28-3)21(30-5)20(11-16)29-4/h6-12H,13H2,1-5H3. The summed E-state index contributed by atoms with van der Waals surface area (Å²) in [7, 11) is 6.27. The van der Waals surface area contributed by atoms with Gasteiger partial charge in [0.1, 0.15) is 5.82 Å². The van der Waals surface area contributed by atoms with Gasteiger partial charge < -0.3 is 19.1 Å². The van der Waals surface area contributed by atoms with Crippen molar-refractivity contribution >= 4 is 5.91 Å². The van der Waals surface area contributed by atoms with Gasteiger partial charge in [-0.2, -0.15) is 0 Å². The van der Waals surface area contributed by atoms with Gasteiger partial charge in [-0.05, 0) is 36.8 Å². The summed E-state index contributed by atoms with van der Waals surface area (Å²) in [6.07, 6.45) is 5.19. The lowest BCUT2D eigenvalue weighted by atomic mass is 10.1. The number of nitrogens with zero attached hydrogens (tertiary/aromatic N) is 4. The molecule has 8 nitrogen and oxygen atoms in total. The highest BCUT2D eigenvalue weighted by Crippen LogP contribution is 2.38. The van der Waals surface area contributed by atoms with E-state index in [1.807, 2.05) is 19.1 Å². The molecule has 3 rings (SSSR count). The third-order valence-electron chi connectivity index (χ3n) is 4.62. The van der Waals surface area contributed by atoms with Gasteiger partial charge in [0.25, 0.3) is 5.91 Å². The molecule has 0 bridgehead atoms. The van der Waals surface area contributed by atoms with E-state index in [0.717, 1.165) is 16.8 Å². The Morgan fingerprint density at radius 2 is 1.67 bits per heavy atom. The summed E-state index contributed by atoms with van der Waals surface area (Å²) in [5.41, 5.74) is 2.96. The van der Waals surface area contributed by atoms with Crippen molar-refractivity contribution in [2.24, 2.45) is 0 Å². The molecule has 0 spiro atoms. The van der Waals surface area contributed by atoms with E-state index >= 15 is 0 Å². The lowest BCUT2D eigenvalue weighted by Gasteiger charge is -2.20. The molecule has 0 radical (unpaired) electrons. The molecule has 0 aliphatic heterocycles. The number of carbonyl (C=O) groups is 1. The van der Waals surface area contributed by atoms with Gasteiger partial charge in [-0.1, -0.05) is 0 Å². The third-order valence-corrected chi connectivity index (χ3v) is 4.62. The third kappa shape index (κ3) is 4.32. The van der Waals surface area contributed by atoms with Crippen LogP contribution in [0.1, 0.15) is 21.9 Å². The lowest BCUT2D eigenvalue weighted by molar-refractivity contribution is 0.0782. The van der Waals surface area contributed by atoms with Crippen LogP contribution in [0.2, 0.25) is 0 Å². The molecule has 0 atom stereocenters. The topological polar surface area (TPSA) is 86.7 Å². The molecule has 0 saturated carbocycles. The Bertz CT molecular complexity index is 1020.